The first kappa shape index (κ1) is 19.3. The molecule has 29 heavy (non-hydrogen) atoms. The van der Waals surface area contributed by atoms with Crippen LogP contribution >= 0.6 is 0 Å². The van der Waals surface area contributed by atoms with Crippen LogP contribution in [0.1, 0.15) is 29.3 Å². The summed E-state index contributed by atoms with van der Waals surface area (Å²) in [6.45, 7) is 3.35. The van der Waals surface area contributed by atoms with Crippen LogP contribution in [-0.2, 0) is 6.42 Å². The number of H-pyrrole nitrogens is 1. The number of nitrogens with two attached hydrogens (primary N) is 1. The molecule has 1 fully saturated rings. The van der Waals surface area contributed by atoms with E-state index >= 15 is 0 Å². The van der Waals surface area contributed by atoms with Crippen LogP contribution < -0.4 is 16.0 Å². The van der Waals surface area contributed by atoms with Crippen molar-refractivity contribution in [2.45, 2.75) is 25.3 Å². The van der Waals surface area contributed by atoms with E-state index in [9.17, 15) is 13.6 Å². The Labute approximate surface area is 166 Å². The summed E-state index contributed by atoms with van der Waals surface area (Å²) in [6.07, 6.45) is 4.91. The third-order valence-corrected chi connectivity index (χ3v) is 5.39. The zero-order valence-electron chi connectivity index (χ0n) is 16.0. The second-order valence-corrected chi connectivity index (χ2v) is 7.41. The zero-order valence-corrected chi connectivity index (χ0v) is 16.0. The molecule has 3 heterocycles. The number of hydrogen-bond donors (Lipinski definition) is 3. The van der Waals surface area contributed by atoms with E-state index in [1.165, 1.54) is 18.5 Å². The van der Waals surface area contributed by atoms with Gasteiger partial charge in [0.25, 0.3) is 5.91 Å². The normalized spacial score (nSPS) is 19.1. The summed E-state index contributed by atoms with van der Waals surface area (Å²) in [5.74, 6) is -2.10. The lowest BCUT2D eigenvalue weighted by Gasteiger charge is -2.25. The first-order valence-corrected chi connectivity index (χ1v) is 9.49. The number of benzene rings is 1. The van der Waals surface area contributed by atoms with Gasteiger partial charge in [-0.2, -0.15) is 0 Å². The van der Waals surface area contributed by atoms with E-state index in [0.29, 0.717) is 19.5 Å². The van der Waals surface area contributed by atoms with Crippen molar-refractivity contribution in [3.8, 4) is 0 Å². The number of carbonyl (C=O) groups is 1. The number of anilines is 1. The molecule has 152 valence electrons. The lowest BCUT2D eigenvalue weighted by molar-refractivity contribution is 0.0940. The molecule has 9 heteroatoms. The van der Waals surface area contributed by atoms with E-state index in [4.69, 9.17) is 5.73 Å². The number of aryl methyl sites for hydroxylation is 1. The van der Waals surface area contributed by atoms with Gasteiger partial charge in [0.15, 0.2) is 11.6 Å². The average molecular weight is 400 g/mol. The van der Waals surface area contributed by atoms with Crippen molar-refractivity contribution in [1.29, 1.82) is 0 Å². The minimum atomic E-state index is -1.16. The summed E-state index contributed by atoms with van der Waals surface area (Å²) in [5, 5.41) is 3.62. The fourth-order valence-corrected chi connectivity index (χ4v) is 3.78. The van der Waals surface area contributed by atoms with Gasteiger partial charge < -0.3 is 20.9 Å². The molecule has 1 aliphatic rings. The van der Waals surface area contributed by atoms with Gasteiger partial charge >= 0.3 is 0 Å². The highest BCUT2D eigenvalue weighted by molar-refractivity contribution is 5.94. The summed E-state index contributed by atoms with van der Waals surface area (Å²) in [4.78, 5) is 26.3. The third-order valence-electron chi connectivity index (χ3n) is 5.39. The number of carbonyl (C=O) groups excluding carboxylic acids is 1. The maximum atomic E-state index is 13.8. The van der Waals surface area contributed by atoms with Gasteiger partial charge in [-0.15, -0.1) is 0 Å². The van der Waals surface area contributed by atoms with Gasteiger partial charge in [-0.1, -0.05) is 13.0 Å². The summed E-state index contributed by atoms with van der Waals surface area (Å²) >= 11 is 0. The highest BCUT2D eigenvalue weighted by atomic mass is 19.2. The average Bonchev–Trinajstić information content (AvgIpc) is 3.32. The van der Waals surface area contributed by atoms with Gasteiger partial charge in [-0.25, -0.2) is 18.7 Å². The highest BCUT2D eigenvalue weighted by Crippen LogP contribution is 2.31. The lowest BCUT2D eigenvalue weighted by atomic mass is 10.00. The van der Waals surface area contributed by atoms with Crippen LogP contribution in [0.4, 0.5) is 14.6 Å². The summed E-state index contributed by atoms with van der Waals surface area (Å²) in [5.41, 5.74) is 7.35. The predicted octanol–water partition coefficient (Wildman–Crippen LogP) is 2.14. The fourth-order valence-electron chi connectivity index (χ4n) is 3.78. The molecule has 1 saturated heterocycles. The molecule has 1 amide bonds. The van der Waals surface area contributed by atoms with E-state index in [-0.39, 0.29) is 12.1 Å². The van der Waals surface area contributed by atoms with Crippen molar-refractivity contribution < 1.29 is 13.6 Å². The Kier molecular flexibility index (Phi) is 4.91. The molecular weight excluding hydrogens is 378 g/mol. The standard InChI is InChI=1S/C20H22F2N6O/c1-2-12-8-24-17-15(12)18(27-11-26-17)28-7-6-20(23,10-28)9-25-19(29)13-4-3-5-14(21)16(13)22/h3-5,8,11H,2,6-7,9-10,23H2,1H3,(H,25,29)(H,24,26,27)/t20-/m0/s1. The summed E-state index contributed by atoms with van der Waals surface area (Å²) in [7, 11) is 0. The van der Waals surface area contributed by atoms with Crippen molar-refractivity contribution >= 4 is 22.8 Å². The largest absolute Gasteiger partial charge is 0.354 e. The van der Waals surface area contributed by atoms with Crippen molar-refractivity contribution in [3.63, 3.8) is 0 Å². The smallest absolute Gasteiger partial charge is 0.254 e. The van der Waals surface area contributed by atoms with E-state index in [1.807, 2.05) is 6.20 Å². The third kappa shape index (κ3) is 3.53. The topological polar surface area (TPSA) is 99.9 Å². The Balaban J connectivity index is 1.49. The molecule has 7 nitrogen and oxygen atoms in total. The van der Waals surface area contributed by atoms with Gasteiger partial charge in [0, 0.05) is 25.8 Å². The molecule has 0 aliphatic carbocycles. The van der Waals surface area contributed by atoms with Gasteiger partial charge in [-0.05, 0) is 30.5 Å². The van der Waals surface area contributed by atoms with E-state index in [1.54, 1.807) is 0 Å². The van der Waals surface area contributed by atoms with E-state index in [2.05, 4.69) is 32.1 Å². The van der Waals surface area contributed by atoms with Crippen LogP contribution in [0.3, 0.4) is 0 Å². The molecule has 4 N–H and O–H groups in total. The van der Waals surface area contributed by atoms with Crippen LogP contribution in [0.2, 0.25) is 0 Å². The predicted molar refractivity (Wildman–Crippen MR) is 106 cm³/mol. The number of nitrogens with one attached hydrogen (secondary N) is 2. The first-order valence-electron chi connectivity index (χ1n) is 9.49. The number of fused-ring (bicyclic) bond motifs is 1. The van der Waals surface area contributed by atoms with E-state index in [0.717, 1.165) is 34.9 Å². The Morgan fingerprint density at radius 1 is 1.38 bits per heavy atom. The van der Waals surface area contributed by atoms with Gasteiger partial charge in [0.1, 0.15) is 17.8 Å². The quantitative estimate of drug-likeness (QED) is 0.609. The van der Waals surface area contributed by atoms with Crippen molar-refractivity contribution in [1.82, 2.24) is 20.3 Å². The van der Waals surface area contributed by atoms with Crippen molar-refractivity contribution in [2.24, 2.45) is 5.73 Å². The summed E-state index contributed by atoms with van der Waals surface area (Å²) in [6, 6.07) is 3.51. The number of aromatic amines is 1. The lowest BCUT2D eigenvalue weighted by Crippen LogP contribution is -2.52. The Morgan fingerprint density at radius 3 is 3.00 bits per heavy atom. The molecule has 0 bridgehead atoms. The number of aromatic nitrogens is 3. The molecule has 0 unspecified atom stereocenters. The number of hydrogen-bond acceptors (Lipinski definition) is 5. The number of amides is 1. The zero-order chi connectivity index (χ0) is 20.6. The molecular formula is C20H22F2N6O. The van der Waals surface area contributed by atoms with Crippen LogP contribution in [0.5, 0.6) is 0 Å². The van der Waals surface area contributed by atoms with Gasteiger partial charge in [0.05, 0.1) is 16.5 Å². The van der Waals surface area contributed by atoms with Gasteiger partial charge in [0.2, 0.25) is 0 Å². The Morgan fingerprint density at radius 2 is 2.21 bits per heavy atom. The number of nitrogens with zero attached hydrogens (tertiary/aromatic N) is 3. The number of halogens is 2. The molecule has 1 aliphatic heterocycles. The maximum Gasteiger partial charge on any atom is 0.254 e. The fraction of sp³-hybridized carbons (Fsp3) is 0.350. The first-order chi connectivity index (χ1) is 13.9. The molecule has 4 rings (SSSR count). The van der Waals surface area contributed by atoms with E-state index < -0.39 is 23.1 Å². The highest BCUT2D eigenvalue weighted by Gasteiger charge is 2.36. The molecule has 0 radical (unpaired) electrons. The second kappa shape index (κ2) is 7.40. The maximum absolute atomic E-state index is 13.8. The molecule has 2 aromatic heterocycles. The Bertz CT molecular complexity index is 1070. The van der Waals surface area contributed by atoms with Crippen LogP contribution in [0.15, 0.2) is 30.7 Å². The molecule has 1 atom stereocenters. The Hall–Kier alpha value is -3.07. The SMILES string of the molecule is CCc1c[nH]c2ncnc(N3CC[C@](N)(CNC(=O)c4cccc(F)c4F)C3)c12. The van der Waals surface area contributed by atoms with Gasteiger partial charge in [-0.3, -0.25) is 4.79 Å². The van der Waals surface area contributed by atoms with Crippen molar-refractivity contribution in [2.75, 3.05) is 24.5 Å². The minimum Gasteiger partial charge on any atom is -0.354 e. The second-order valence-electron chi connectivity index (χ2n) is 7.41. The molecule has 3 aromatic rings. The minimum absolute atomic E-state index is 0.139. The monoisotopic (exact) mass is 400 g/mol. The van der Waals surface area contributed by atoms with Crippen LogP contribution in [0.25, 0.3) is 11.0 Å². The molecule has 0 spiro atoms. The van der Waals surface area contributed by atoms with Crippen molar-refractivity contribution in [3.05, 3.63) is 53.5 Å². The van der Waals surface area contributed by atoms with Crippen LogP contribution in [0, 0.1) is 11.6 Å². The summed E-state index contributed by atoms with van der Waals surface area (Å²) < 4.78 is 27.2. The molecule has 1 aromatic carbocycles. The molecule has 0 saturated carbocycles. The number of rotatable bonds is 5. The van der Waals surface area contributed by atoms with Crippen LogP contribution in [-0.4, -0.2) is 46.0 Å².